The minimum Gasteiger partial charge on any atom is -0.496 e. The van der Waals surface area contributed by atoms with Crippen molar-refractivity contribution in [2.75, 3.05) is 12.4 Å². The first-order valence-corrected chi connectivity index (χ1v) is 7.66. The maximum absolute atomic E-state index is 12.8. The van der Waals surface area contributed by atoms with Crippen LogP contribution in [0.25, 0.3) is 0 Å². The van der Waals surface area contributed by atoms with Crippen LogP contribution in [0.15, 0.2) is 42.5 Å². The zero-order valence-electron chi connectivity index (χ0n) is 12.7. The van der Waals surface area contributed by atoms with Crippen molar-refractivity contribution in [3.8, 4) is 5.75 Å². The molecule has 0 aromatic heterocycles. The van der Waals surface area contributed by atoms with E-state index >= 15 is 0 Å². The first-order valence-electron chi connectivity index (χ1n) is 7.28. The van der Waals surface area contributed by atoms with Crippen LogP contribution in [0.4, 0.5) is 5.69 Å². The molecule has 1 fully saturated rings. The monoisotopic (exact) mass is 315 g/mol. The lowest BCUT2D eigenvalue weighted by molar-refractivity contribution is -0.118. The van der Waals surface area contributed by atoms with Crippen molar-refractivity contribution in [2.24, 2.45) is 0 Å². The van der Waals surface area contributed by atoms with Gasteiger partial charge in [-0.05, 0) is 43.5 Å². The summed E-state index contributed by atoms with van der Waals surface area (Å²) in [5.74, 6) is 0.764. The number of carbonyl (C=O) groups is 1. The number of anilines is 1. The van der Waals surface area contributed by atoms with Gasteiger partial charge < -0.3 is 10.1 Å². The molecule has 1 aliphatic carbocycles. The maximum Gasteiger partial charge on any atom is 0.235 e. The van der Waals surface area contributed by atoms with Crippen LogP contribution in [0, 0.1) is 6.92 Å². The van der Waals surface area contributed by atoms with E-state index in [4.69, 9.17) is 16.3 Å². The second-order valence-electron chi connectivity index (χ2n) is 5.70. The van der Waals surface area contributed by atoms with E-state index in [2.05, 4.69) is 5.32 Å². The van der Waals surface area contributed by atoms with E-state index < -0.39 is 5.41 Å². The van der Waals surface area contributed by atoms with Gasteiger partial charge >= 0.3 is 0 Å². The number of para-hydroxylation sites is 1. The number of halogens is 1. The lowest BCUT2D eigenvalue weighted by Crippen LogP contribution is -2.28. The van der Waals surface area contributed by atoms with Crippen molar-refractivity contribution in [2.45, 2.75) is 25.2 Å². The Hall–Kier alpha value is -2.00. The van der Waals surface area contributed by atoms with Gasteiger partial charge in [-0.25, -0.2) is 0 Å². The molecule has 3 nitrogen and oxygen atoms in total. The van der Waals surface area contributed by atoms with Gasteiger partial charge in [-0.2, -0.15) is 0 Å². The summed E-state index contributed by atoms with van der Waals surface area (Å²) in [6, 6.07) is 13.2. The summed E-state index contributed by atoms with van der Waals surface area (Å²) in [6.45, 7) is 1.95. The Morgan fingerprint density at radius 3 is 2.64 bits per heavy atom. The molecule has 22 heavy (non-hydrogen) atoms. The van der Waals surface area contributed by atoms with Crippen LogP contribution >= 0.6 is 11.6 Å². The van der Waals surface area contributed by atoms with Crippen molar-refractivity contribution in [3.63, 3.8) is 0 Å². The zero-order valence-corrected chi connectivity index (χ0v) is 13.4. The standard InChI is InChI=1S/C18H18ClNO2/c1-12-7-8-13(19)11-15(12)20-17(21)18(9-10-18)14-5-3-4-6-16(14)22-2/h3-8,11H,9-10H2,1-2H3,(H,20,21). The molecule has 0 bridgehead atoms. The second kappa shape index (κ2) is 5.65. The average molecular weight is 316 g/mol. The third kappa shape index (κ3) is 2.57. The van der Waals surface area contributed by atoms with Gasteiger partial charge in [-0.15, -0.1) is 0 Å². The molecule has 1 N–H and O–H groups in total. The number of ether oxygens (including phenoxy) is 1. The lowest BCUT2D eigenvalue weighted by atomic mass is 9.93. The van der Waals surface area contributed by atoms with E-state index in [9.17, 15) is 4.79 Å². The first kappa shape index (κ1) is 14.9. The normalized spacial score (nSPS) is 15.2. The Morgan fingerprint density at radius 2 is 1.95 bits per heavy atom. The topological polar surface area (TPSA) is 38.3 Å². The van der Waals surface area contributed by atoms with E-state index in [0.29, 0.717) is 5.02 Å². The predicted octanol–water partition coefficient (Wildman–Crippen LogP) is 4.33. The van der Waals surface area contributed by atoms with E-state index in [-0.39, 0.29) is 5.91 Å². The number of aryl methyl sites for hydroxylation is 1. The summed E-state index contributed by atoms with van der Waals surface area (Å²) in [5, 5.41) is 3.64. The molecule has 0 spiro atoms. The maximum atomic E-state index is 12.8. The number of amides is 1. The van der Waals surface area contributed by atoms with Crippen LogP contribution in [-0.4, -0.2) is 13.0 Å². The van der Waals surface area contributed by atoms with Crippen LogP contribution in [0.5, 0.6) is 5.75 Å². The summed E-state index contributed by atoms with van der Waals surface area (Å²) in [7, 11) is 1.63. The van der Waals surface area contributed by atoms with Gasteiger partial charge in [0.2, 0.25) is 5.91 Å². The smallest absolute Gasteiger partial charge is 0.235 e. The molecule has 3 rings (SSSR count). The molecular formula is C18H18ClNO2. The highest BCUT2D eigenvalue weighted by Gasteiger charge is 2.52. The van der Waals surface area contributed by atoms with Gasteiger partial charge in [0.25, 0.3) is 0 Å². The van der Waals surface area contributed by atoms with Gasteiger partial charge in [0.05, 0.1) is 12.5 Å². The first-order chi connectivity index (χ1) is 10.6. The summed E-state index contributed by atoms with van der Waals surface area (Å²) >= 11 is 6.02. The van der Waals surface area contributed by atoms with Gasteiger partial charge in [0, 0.05) is 16.3 Å². The van der Waals surface area contributed by atoms with E-state index in [1.165, 1.54) is 0 Å². The van der Waals surface area contributed by atoms with Crippen molar-refractivity contribution < 1.29 is 9.53 Å². The molecule has 0 atom stereocenters. The predicted molar refractivity (Wildman–Crippen MR) is 88.7 cm³/mol. The number of hydrogen-bond acceptors (Lipinski definition) is 2. The van der Waals surface area contributed by atoms with E-state index in [1.54, 1.807) is 13.2 Å². The van der Waals surface area contributed by atoms with Crippen molar-refractivity contribution in [1.82, 2.24) is 0 Å². The Balaban J connectivity index is 1.90. The highest BCUT2D eigenvalue weighted by Crippen LogP contribution is 2.52. The van der Waals surface area contributed by atoms with Gasteiger partial charge in [0.1, 0.15) is 5.75 Å². The van der Waals surface area contributed by atoms with Crippen LogP contribution in [-0.2, 0) is 10.2 Å². The summed E-state index contributed by atoms with van der Waals surface area (Å²) < 4.78 is 5.41. The molecule has 114 valence electrons. The third-order valence-electron chi connectivity index (χ3n) is 4.26. The van der Waals surface area contributed by atoms with Gasteiger partial charge in [-0.3, -0.25) is 4.79 Å². The molecular weight excluding hydrogens is 298 g/mol. The molecule has 1 aliphatic rings. The fraction of sp³-hybridized carbons (Fsp3) is 0.278. The Morgan fingerprint density at radius 1 is 1.23 bits per heavy atom. The van der Waals surface area contributed by atoms with Crippen molar-refractivity contribution in [3.05, 3.63) is 58.6 Å². The Labute approximate surface area is 135 Å². The Bertz CT molecular complexity index is 723. The number of hydrogen-bond donors (Lipinski definition) is 1. The number of nitrogens with one attached hydrogen (secondary N) is 1. The molecule has 1 saturated carbocycles. The van der Waals surface area contributed by atoms with Crippen LogP contribution in [0.1, 0.15) is 24.0 Å². The average Bonchev–Trinajstić information content (AvgIpc) is 3.32. The quantitative estimate of drug-likeness (QED) is 0.912. The molecule has 2 aromatic rings. The number of methoxy groups -OCH3 is 1. The molecule has 1 amide bonds. The number of rotatable bonds is 4. The fourth-order valence-electron chi connectivity index (χ4n) is 2.75. The van der Waals surface area contributed by atoms with Crippen LogP contribution < -0.4 is 10.1 Å². The minimum absolute atomic E-state index is 0.00219. The zero-order chi connectivity index (χ0) is 15.7. The highest BCUT2D eigenvalue weighted by molar-refractivity contribution is 6.31. The number of carbonyl (C=O) groups excluding carboxylic acids is 1. The second-order valence-corrected chi connectivity index (χ2v) is 6.13. The molecule has 0 unspecified atom stereocenters. The molecule has 4 heteroatoms. The highest BCUT2D eigenvalue weighted by atomic mass is 35.5. The minimum atomic E-state index is -0.485. The molecule has 0 aliphatic heterocycles. The van der Waals surface area contributed by atoms with E-state index in [0.717, 1.165) is 35.4 Å². The van der Waals surface area contributed by atoms with Crippen molar-refractivity contribution >= 4 is 23.2 Å². The SMILES string of the molecule is COc1ccccc1C1(C(=O)Nc2cc(Cl)ccc2C)CC1. The fourth-order valence-corrected chi connectivity index (χ4v) is 2.93. The molecule has 0 radical (unpaired) electrons. The van der Waals surface area contributed by atoms with Crippen molar-refractivity contribution in [1.29, 1.82) is 0 Å². The van der Waals surface area contributed by atoms with Crippen LogP contribution in [0.3, 0.4) is 0 Å². The Kier molecular flexibility index (Phi) is 3.83. The summed E-state index contributed by atoms with van der Waals surface area (Å²) in [4.78, 5) is 12.8. The lowest BCUT2D eigenvalue weighted by Gasteiger charge is -2.19. The van der Waals surface area contributed by atoms with Gasteiger partial charge in [-0.1, -0.05) is 35.9 Å². The molecule has 0 heterocycles. The van der Waals surface area contributed by atoms with Crippen LogP contribution in [0.2, 0.25) is 5.02 Å². The molecule has 2 aromatic carbocycles. The van der Waals surface area contributed by atoms with Gasteiger partial charge in [0.15, 0.2) is 0 Å². The van der Waals surface area contributed by atoms with E-state index in [1.807, 2.05) is 43.3 Å². The largest absolute Gasteiger partial charge is 0.496 e. The number of benzene rings is 2. The summed E-state index contributed by atoms with van der Waals surface area (Å²) in [6.07, 6.45) is 1.66. The summed E-state index contributed by atoms with van der Waals surface area (Å²) in [5.41, 5.74) is 2.23. The molecule has 0 saturated heterocycles. The third-order valence-corrected chi connectivity index (χ3v) is 4.49.